The Hall–Kier alpha value is -3.27. The molecule has 9 nitrogen and oxygen atoms in total. The number of hydrogen-bond donors (Lipinski definition) is 5. The number of fused-ring (bicyclic) bond motifs is 1. The van der Waals surface area contributed by atoms with Crippen LogP contribution < -0.4 is 22.1 Å². The molecule has 0 radical (unpaired) electrons. The van der Waals surface area contributed by atoms with E-state index in [4.69, 9.17) is 16.5 Å². The van der Waals surface area contributed by atoms with E-state index in [0.29, 0.717) is 30.2 Å². The molecule has 3 heterocycles. The SMILES string of the molecule is Cl.NCCC(Nc1cccc(-c2[nH]nc3nc(NC4CCC(N)CC4)ncc23)n1)c1ccccc1. The molecular formula is C25H32ClN9. The lowest BCUT2D eigenvalue weighted by Gasteiger charge is -2.26. The van der Waals surface area contributed by atoms with Crippen LogP contribution in [0.25, 0.3) is 22.4 Å². The molecule has 1 atom stereocenters. The van der Waals surface area contributed by atoms with Gasteiger partial charge in [0.05, 0.1) is 22.8 Å². The second kappa shape index (κ2) is 11.4. The maximum atomic E-state index is 6.02. The Morgan fingerprint density at radius 2 is 1.80 bits per heavy atom. The van der Waals surface area contributed by atoms with E-state index in [1.807, 2.05) is 36.4 Å². The molecule has 1 saturated carbocycles. The van der Waals surface area contributed by atoms with Crippen molar-refractivity contribution in [1.82, 2.24) is 25.1 Å². The van der Waals surface area contributed by atoms with Gasteiger partial charge in [-0.25, -0.2) is 9.97 Å². The van der Waals surface area contributed by atoms with Gasteiger partial charge in [0.15, 0.2) is 5.65 Å². The predicted molar refractivity (Wildman–Crippen MR) is 142 cm³/mol. The number of hydrogen-bond acceptors (Lipinski definition) is 8. The molecule has 4 aromatic rings. The summed E-state index contributed by atoms with van der Waals surface area (Å²) in [7, 11) is 0. The van der Waals surface area contributed by atoms with Gasteiger partial charge in [-0.15, -0.1) is 12.4 Å². The summed E-state index contributed by atoms with van der Waals surface area (Å²) in [5, 5.41) is 15.3. The first-order chi connectivity index (χ1) is 16.7. The summed E-state index contributed by atoms with van der Waals surface area (Å²) in [5.74, 6) is 1.37. The maximum absolute atomic E-state index is 6.02. The van der Waals surface area contributed by atoms with Crippen molar-refractivity contribution in [2.45, 2.75) is 50.2 Å². The first kappa shape index (κ1) is 24.8. The molecule has 0 aliphatic heterocycles. The molecule has 10 heteroatoms. The standard InChI is InChI=1S/C25H31N9.ClH/c26-14-13-20(16-5-2-1-3-6-16)30-22-8-4-7-21(31-22)23-19-15-28-25(32-24(19)34-33-23)29-18-11-9-17(27)10-12-18;/h1-8,15,17-18,20H,9-14,26-27H2,(H,30,31)(H2,28,29,32,33,34);1H. The molecule has 3 aromatic heterocycles. The second-order valence-electron chi connectivity index (χ2n) is 8.88. The van der Waals surface area contributed by atoms with Crippen LogP contribution in [0.15, 0.2) is 54.7 Å². The minimum Gasteiger partial charge on any atom is -0.363 e. The molecule has 0 saturated heterocycles. The molecule has 1 fully saturated rings. The number of benzene rings is 1. The van der Waals surface area contributed by atoms with Gasteiger partial charge >= 0.3 is 0 Å². The minimum atomic E-state index is 0. The zero-order valence-corrected chi connectivity index (χ0v) is 20.3. The Labute approximate surface area is 210 Å². The summed E-state index contributed by atoms with van der Waals surface area (Å²) in [6.45, 7) is 0.582. The summed E-state index contributed by atoms with van der Waals surface area (Å²) >= 11 is 0. The van der Waals surface area contributed by atoms with Gasteiger partial charge in [0.25, 0.3) is 0 Å². The van der Waals surface area contributed by atoms with Crippen LogP contribution in [0, 0.1) is 0 Å². The van der Waals surface area contributed by atoms with E-state index >= 15 is 0 Å². The van der Waals surface area contributed by atoms with Gasteiger partial charge in [-0.2, -0.15) is 10.1 Å². The summed E-state index contributed by atoms with van der Waals surface area (Å²) < 4.78 is 0. The lowest BCUT2D eigenvalue weighted by atomic mass is 9.92. The van der Waals surface area contributed by atoms with E-state index in [1.54, 1.807) is 6.20 Å². The number of nitrogens with two attached hydrogens (primary N) is 2. The molecular weight excluding hydrogens is 462 g/mol. The van der Waals surface area contributed by atoms with Gasteiger partial charge in [0, 0.05) is 18.3 Å². The van der Waals surface area contributed by atoms with E-state index in [9.17, 15) is 0 Å². The zero-order valence-electron chi connectivity index (χ0n) is 19.5. The highest BCUT2D eigenvalue weighted by Crippen LogP contribution is 2.27. The number of aromatic amines is 1. The van der Waals surface area contributed by atoms with Crippen molar-refractivity contribution in [3.05, 3.63) is 60.3 Å². The van der Waals surface area contributed by atoms with Gasteiger partial charge < -0.3 is 22.1 Å². The molecule has 1 aliphatic carbocycles. The Bertz CT molecular complexity index is 1220. The fourth-order valence-electron chi connectivity index (χ4n) is 4.52. The number of anilines is 2. The lowest BCUT2D eigenvalue weighted by molar-refractivity contribution is 0.410. The minimum absolute atomic E-state index is 0. The first-order valence-electron chi connectivity index (χ1n) is 11.9. The zero-order chi connectivity index (χ0) is 23.3. The number of halogens is 1. The molecule has 184 valence electrons. The van der Waals surface area contributed by atoms with Crippen LogP contribution in [0.5, 0.6) is 0 Å². The summed E-state index contributed by atoms with van der Waals surface area (Å²) in [5.41, 5.74) is 15.3. The van der Waals surface area contributed by atoms with Crippen LogP contribution in [0.4, 0.5) is 11.8 Å². The van der Waals surface area contributed by atoms with Crippen molar-refractivity contribution in [1.29, 1.82) is 0 Å². The van der Waals surface area contributed by atoms with Crippen molar-refractivity contribution in [2.75, 3.05) is 17.2 Å². The van der Waals surface area contributed by atoms with E-state index in [2.05, 4.69) is 42.9 Å². The molecule has 0 amide bonds. The van der Waals surface area contributed by atoms with Gasteiger partial charge in [-0.1, -0.05) is 36.4 Å². The Kier molecular flexibility index (Phi) is 8.12. The average Bonchev–Trinajstić information content (AvgIpc) is 3.29. The van der Waals surface area contributed by atoms with E-state index < -0.39 is 0 Å². The van der Waals surface area contributed by atoms with Crippen molar-refractivity contribution >= 4 is 35.2 Å². The molecule has 5 rings (SSSR count). The topological polar surface area (TPSA) is 143 Å². The summed E-state index contributed by atoms with van der Waals surface area (Å²) in [6.07, 6.45) is 6.73. The molecule has 1 aromatic carbocycles. The molecule has 0 spiro atoms. The highest BCUT2D eigenvalue weighted by molar-refractivity contribution is 5.89. The lowest BCUT2D eigenvalue weighted by Crippen LogP contribution is -2.33. The Balaban J connectivity index is 0.00000289. The number of rotatable bonds is 8. The number of H-pyrrole nitrogens is 1. The largest absolute Gasteiger partial charge is 0.363 e. The molecule has 35 heavy (non-hydrogen) atoms. The number of aromatic nitrogens is 5. The van der Waals surface area contributed by atoms with Crippen LogP contribution in [0.1, 0.15) is 43.7 Å². The number of nitrogens with zero attached hydrogens (tertiary/aromatic N) is 4. The van der Waals surface area contributed by atoms with Crippen LogP contribution in [0.3, 0.4) is 0 Å². The first-order valence-corrected chi connectivity index (χ1v) is 11.9. The number of nitrogens with one attached hydrogen (secondary N) is 3. The van der Waals surface area contributed by atoms with Crippen LogP contribution >= 0.6 is 12.4 Å². The van der Waals surface area contributed by atoms with Gasteiger partial charge in [0.1, 0.15) is 5.82 Å². The Morgan fingerprint density at radius 1 is 1.00 bits per heavy atom. The average molecular weight is 494 g/mol. The molecule has 7 N–H and O–H groups in total. The summed E-state index contributed by atoms with van der Waals surface area (Å²) in [6, 6.07) is 16.9. The van der Waals surface area contributed by atoms with Crippen molar-refractivity contribution in [3.63, 3.8) is 0 Å². The highest BCUT2D eigenvalue weighted by Gasteiger charge is 2.20. The predicted octanol–water partition coefficient (Wildman–Crippen LogP) is 4.02. The van der Waals surface area contributed by atoms with Gasteiger partial charge in [0.2, 0.25) is 5.95 Å². The fourth-order valence-corrected chi connectivity index (χ4v) is 4.52. The Morgan fingerprint density at radius 3 is 2.57 bits per heavy atom. The van der Waals surface area contributed by atoms with E-state index in [0.717, 1.165) is 54.7 Å². The highest BCUT2D eigenvalue weighted by atomic mass is 35.5. The maximum Gasteiger partial charge on any atom is 0.224 e. The monoisotopic (exact) mass is 493 g/mol. The quantitative estimate of drug-likeness (QED) is 0.247. The second-order valence-corrected chi connectivity index (χ2v) is 8.88. The molecule has 1 aliphatic rings. The van der Waals surface area contributed by atoms with Crippen LogP contribution in [-0.2, 0) is 0 Å². The molecule has 0 bridgehead atoms. The third-order valence-electron chi connectivity index (χ3n) is 6.40. The smallest absolute Gasteiger partial charge is 0.224 e. The third kappa shape index (κ3) is 5.87. The normalized spacial score (nSPS) is 18.6. The number of pyridine rings is 1. The fraction of sp³-hybridized carbons (Fsp3) is 0.360. The van der Waals surface area contributed by atoms with Crippen molar-refractivity contribution in [3.8, 4) is 11.4 Å². The summed E-state index contributed by atoms with van der Waals surface area (Å²) in [4.78, 5) is 14.0. The van der Waals surface area contributed by atoms with Crippen LogP contribution in [-0.4, -0.2) is 43.8 Å². The molecule has 1 unspecified atom stereocenters. The van der Waals surface area contributed by atoms with Crippen LogP contribution in [0.2, 0.25) is 0 Å². The van der Waals surface area contributed by atoms with Gasteiger partial charge in [-0.3, -0.25) is 5.10 Å². The van der Waals surface area contributed by atoms with Gasteiger partial charge in [-0.05, 0) is 56.3 Å². The van der Waals surface area contributed by atoms with Crippen molar-refractivity contribution in [2.24, 2.45) is 11.5 Å². The van der Waals surface area contributed by atoms with E-state index in [1.165, 1.54) is 5.56 Å². The third-order valence-corrected chi connectivity index (χ3v) is 6.40. The van der Waals surface area contributed by atoms with Crippen molar-refractivity contribution < 1.29 is 0 Å². The van der Waals surface area contributed by atoms with E-state index in [-0.39, 0.29) is 18.4 Å².